The Morgan fingerprint density at radius 3 is 2.19 bits per heavy atom. The smallest absolute Gasteiger partial charge is 0.407 e. The number of anilines is 1. The van der Waals surface area contributed by atoms with Gasteiger partial charge in [0, 0.05) is 30.6 Å². The predicted molar refractivity (Wildman–Crippen MR) is 166 cm³/mol. The van der Waals surface area contributed by atoms with Gasteiger partial charge < -0.3 is 19.9 Å². The predicted octanol–water partition coefficient (Wildman–Crippen LogP) is 6.58. The number of benzene rings is 3. The summed E-state index contributed by atoms with van der Waals surface area (Å²) in [5.41, 5.74) is 1.98. The fraction of sp³-hybridized carbons (Fsp3) is 0.364. The van der Waals surface area contributed by atoms with Crippen molar-refractivity contribution in [3.8, 4) is 11.1 Å². The van der Waals surface area contributed by atoms with Crippen LogP contribution in [0.5, 0.6) is 0 Å². The molecule has 3 aromatic carbocycles. The van der Waals surface area contributed by atoms with Gasteiger partial charge in [-0.3, -0.25) is 14.3 Å². The summed E-state index contributed by atoms with van der Waals surface area (Å²) in [4.78, 5) is 39.8. The van der Waals surface area contributed by atoms with Crippen molar-refractivity contribution in [2.45, 2.75) is 71.1 Å². The van der Waals surface area contributed by atoms with Gasteiger partial charge in [0.05, 0.1) is 0 Å². The van der Waals surface area contributed by atoms with Gasteiger partial charge >= 0.3 is 12.1 Å². The molecule has 0 heterocycles. The van der Waals surface area contributed by atoms with Crippen LogP contribution in [0.25, 0.3) is 11.1 Å². The lowest BCUT2D eigenvalue weighted by molar-refractivity contribution is -0.156. The number of nitrogens with one attached hydrogen (secondary N) is 1. The molecule has 3 rings (SSSR count). The Labute approximate surface area is 254 Å². The molecule has 0 aromatic heterocycles. The molecule has 0 fully saturated rings. The highest BCUT2D eigenvalue weighted by molar-refractivity contribution is 7.25. The number of rotatable bonds is 12. The first-order valence-corrected chi connectivity index (χ1v) is 15.0. The zero-order valence-electron chi connectivity index (χ0n) is 25.2. The van der Waals surface area contributed by atoms with E-state index < -0.39 is 37.5 Å². The molecule has 2 N–H and O–H groups in total. The van der Waals surface area contributed by atoms with Crippen molar-refractivity contribution >= 4 is 32.1 Å². The zero-order chi connectivity index (χ0) is 31.6. The summed E-state index contributed by atoms with van der Waals surface area (Å²) in [6.07, 6.45) is -0.704. The maximum Gasteiger partial charge on any atom is 0.407 e. The average molecular weight is 607 g/mol. The van der Waals surface area contributed by atoms with E-state index in [2.05, 4.69) is 5.32 Å². The van der Waals surface area contributed by atoms with Gasteiger partial charge in [-0.2, -0.15) is 0 Å². The van der Waals surface area contributed by atoms with Crippen LogP contribution in [0.15, 0.2) is 78.9 Å². The van der Waals surface area contributed by atoms with Gasteiger partial charge in [-0.15, -0.1) is 0 Å². The molecule has 0 saturated heterocycles. The molecule has 0 aliphatic carbocycles. The second kappa shape index (κ2) is 14.9. The van der Waals surface area contributed by atoms with Gasteiger partial charge in [-0.05, 0) is 56.5 Å². The molecule has 2 unspecified atom stereocenters. The molecule has 0 aliphatic rings. The first-order chi connectivity index (χ1) is 20.4. The molecule has 9 nitrogen and oxygen atoms in total. The Kier molecular flexibility index (Phi) is 11.6. The minimum atomic E-state index is -1.95. The molecule has 0 spiro atoms. The number of esters is 1. The highest BCUT2D eigenvalue weighted by Gasteiger charge is 2.36. The summed E-state index contributed by atoms with van der Waals surface area (Å²) in [5.74, 6) is -0.916. The summed E-state index contributed by atoms with van der Waals surface area (Å²) in [6, 6.07) is 22.4. The third-order valence-corrected chi connectivity index (χ3v) is 7.38. The summed E-state index contributed by atoms with van der Waals surface area (Å²) >= 11 is 0. The maximum atomic E-state index is 13.2. The van der Waals surface area contributed by atoms with E-state index in [0.717, 1.165) is 11.1 Å². The van der Waals surface area contributed by atoms with Crippen LogP contribution in [-0.2, 0) is 35.6 Å². The third kappa shape index (κ3) is 9.21. The monoisotopic (exact) mass is 606 g/mol. The lowest BCUT2D eigenvalue weighted by Gasteiger charge is -2.32. The number of nitrogens with zero attached hydrogens (tertiary/aromatic N) is 1. The minimum absolute atomic E-state index is 0.0518. The van der Waals surface area contributed by atoms with Crippen LogP contribution >= 0.6 is 8.46 Å². The molecular weight excluding hydrogens is 567 g/mol. The van der Waals surface area contributed by atoms with E-state index in [9.17, 15) is 24.1 Å². The van der Waals surface area contributed by atoms with Gasteiger partial charge in [-0.25, -0.2) is 9.59 Å². The molecule has 3 aromatic rings. The summed E-state index contributed by atoms with van der Waals surface area (Å²) in [6.45, 7) is 8.53. The lowest BCUT2D eigenvalue weighted by atomic mass is 9.93. The molecule has 0 bridgehead atoms. The number of hydrogen-bond acceptors (Lipinski definition) is 7. The molecule has 0 radical (unpaired) electrons. The fourth-order valence-corrected chi connectivity index (χ4v) is 4.96. The molecule has 2 amide bonds. The Morgan fingerprint density at radius 2 is 1.60 bits per heavy atom. The standard InChI is InChI=1S/C33H39N2O7P/c1-6-29(36)35(23(2)30(37)42-32(3,4)5)26-17-18-27(25-15-11-8-12-16-25)28(21-26)33(39,43-40)19-20-34-31(38)41-22-24-13-9-7-10-14-24/h7-18,21,23,39H,6,19-20,22H2,1-5H3,(H,34,38). The van der Waals surface area contributed by atoms with Gasteiger partial charge in [0.1, 0.15) is 18.2 Å². The van der Waals surface area contributed by atoms with Crippen LogP contribution in [0.2, 0.25) is 0 Å². The quantitative estimate of drug-likeness (QED) is 0.176. The lowest BCUT2D eigenvalue weighted by Crippen LogP contribution is -2.46. The number of aliphatic hydroxyl groups is 1. The van der Waals surface area contributed by atoms with E-state index >= 15 is 0 Å². The first-order valence-electron chi connectivity index (χ1n) is 14.1. The van der Waals surface area contributed by atoms with Crippen molar-refractivity contribution in [1.29, 1.82) is 0 Å². The van der Waals surface area contributed by atoms with Gasteiger partial charge in [0.25, 0.3) is 0 Å². The molecule has 0 saturated carbocycles. The molecule has 0 aliphatic heterocycles. The molecule has 10 heteroatoms. The van der Waals surface area contributed by atoms with E-state index in [1.54, 1.807) is 52.8 Å². The normalized spacial score (nSPS) is 13.4. The number of ether oxygens (including phenoxy) is 2. The summed E-state index contributed by atoms with van der Waals surface area (Å²) < 4.78 is 23.4. The highest BCUT2D eigenvalue weighted by Crippen LogP contribution is 2.43. The largest absolute Gasteiger partial charge is 0.458 e. The zero-order valence-corrected chi connectivity index (χ0v) is 26.1. The van der Waals surface area contributed by atoms with E-state index in [-0.39, 0.29) is 37.5 Å². The Bertz CT molecular complexity index is 1410. The second-order valence-corrected chi connectivity index (χ2v) is 12.0. The van der Waals surface area contributed by atoms with E-state index in [4.69, 9.17) is 9.47 Å². The van der Waals surface area contributed by atoms with Crippen LogP contribution < -0.4 is 10.2 Å². The highest BCUT2D eigenvalue weighted by atomic mass is 31.1. The SMILES string of the molecule is CCC(=O)N(c1ccc(-c2ccccc2)c(C(O)(CCNC(=O)OCc2ccccc2)P=O)c1)C(C)C(=O)OC(C)(C)C. The van der Waals surface area contributed by atoms with Crippen LogP contribution in [0.3, 0.4) is 0 Å². The Hall–Kier alpha value is -4.07. The van der Waals surface area contributed by atoms with E-state index in [1.165, 1.54) is 4.90 Å². The van der Waals surface area contributed by atoms with Crippen LogP contribution in [0.4, 0.5) is 10.5 Å². The minimum Gasteiger partial charge on any atom is -0.458 e. The van der Waals surface area contributed by atoms with Gasteiger partial charge in [0.15, 0.2) is 13.8 Å². The van der Waals surface area contributed by atoms with Crippen LogP contribution in [-0.4, -0.2) is 41.3 Å². The number of hydrogen-bond donors (Lipinski definition) is 2. The van der Waals surface area contributed by atoms with Crippen LogP contribution in [0.1, 0.15) is 58.6 Å². The van der Waals surface area contributed by atoms with Crippen molar-refractivity contribution in [2.75, 3.05) is 11.4 Å². The fourth-order valence-electron chi connectivity index (χ4n) is 4.47. The molecule has 43 heavy (non-hydrogen) atoms. The topological polar surface area (TPSA) is 122 Å². The number of amides is 2. The van der Waals surface area contributed by atoms with Crippen LogP contribution in [0, 0.1) is 0 Å². The van der Waals surface area contributed by atoms with E-state index in [0.29, 0.717) is 11.3 Å². The number of alkyl carbamates (subject to hydrolysis) is 1. The summed E-state index contributed by atoms with van der Waals surface area (Å²) in [5, 5.41) is 12.4. The Morgan fingerprint density at radius 1 is 0.977 bits per heavy atom. The molecule has 2 atom stereocenters. The van der Waals surface area contributed by atoms with Crippen molar-refractivity contribution in [2.24, 2.45) is 0 Å². The van der Waals surface area contributed by atoms with Crippen molar-refractivity contribution in [1.82, 2.24) is 5.32 Å². The van der Waals surface area contributed by atoms with Crippen molar-refractivity contribution < 1.29 is 33.5 Å². The van der Waals surface area contributed by atoms with Gasteiger partial charge in [0.2, 0.25) is 5.91 Å². The first kappa shape index (κ1) is 33.4. The molecular formula is C33H39N2O7P. The second-order valence-electron chi connectivity index (χ2n) is 11.1. The van der Waals surface area contributed by atoms with Crippen molar-refractivity contribution in [3.63, 3.8) is 0 Å². The Balaban J connectivity index is 1.94. The number of carbonyl (C=O) groups is 3. The number of carbonyl (C=O) groups excluding carboxylic acids is 3. The van der Waals surface area contributed by atoms with Gasteiger partial charge in [-0.1, -0.05) is 73.7 Å². The summed E-state index contributed by atoms with van der Waals surface area (Å²) in [7, 11) is -0.620. The van der Waals surface area contributed by atoms with Crippen molar-refractivity contribution in [3.05, 3.63) is 90.0 Å². The van der Waals surface area contributed by atoms with E-state index in [1.807, 2.05) is 60.7 Å². The maximum absolute atomic E-state index is 13.2. The average Bonchev–Trinajstić information content (AvgIpc) is 3.00. The third-order valence-electron chi connectivity index (χ3n) is 6.61. The molecule has 228 valence electrons.